The van der Waals surface area contributed by atoms with Crippen molar-refractivity contribution in [3.05, 3.63) is 87.1 Å². The Morgan fingerprint density at radius 2 is 1.81 bits per heavy atom. The van der Waals surface area contributed by atoms with E-state index in [-0.39, 0.29) is 29.8 Å². The van der Waals surface area contributed by atoms with Crippen molar-refractivity contribution in [3.63, 3.8) is 0 Å². The van der Waals surface area contributed by atoms with Crippen molar-refractivity contribution in [2.75, 3.05) is 31.1 Å². The highest BCUT2D eigenvalue weighted by Gasteiger charge is 2.27. The van der Waals surface area contributed by atoms with Crippen LogP contribution in [0, 0.1) is 15.9 Å². The SMILES string of the molecule is O=C(c1ccc(COc2ccc(F)cc2)o1)N1CCN(c2ccc(Cl)cc2[N+](=O)[O-])CC1. The Bertz CT molecular complexity index is 1130. The van der Waals surface area contributed by atoms with Gasteiger partial charge in [-0.25, -0.2) is 4.39 Å². The van der Waals surface area contributed by atoms with E-state index in [0.717, 1.165) is 0 Å². The van der Waals surface area contributed by atoms with E-state index in [1.165, 1.54) is 30.3 Å². The number of hydrogen-bond acceptors (Lipinski definition) is 6. The molecule has 10 heteroatoms. The van der Waals surface area contributed by atoms with E-state index >= 15 is 0 Å². The van der Waals surface area contributed by atoms with Gasteiger partial charge in [-0.2, -0.15) is 0 Å². The van der Waals surface area contributed by atoms with Gasteiger partial charge < -0.3 is 19.0 Å². The highest BCUT2D eigenvalue weighted by Crippen LogP contribution is 2.31. The van der Waals surface area contributed by atoms with Crippen LogP contribution in [0.15, 0.2) is 59.0 Å². The minimum Gasteiger partial charge on any atom is -0.486 e. The monoisotopic (exact) mass is 459 g/mol. The molecular formula is C22H19ClFN3O5. The molecule has 8 nitrogen and oxygen atoms in total. The van der Waals surface area contributed by atoms with Crippen molar-refractivity contribution in [3.8, 4) is 5.75 Å². The Morgan fingerprint density at radius 3 is 2.50 bits per heavy atom. The van der Waals surface area contributed by atoms with Crippen LogP contribution in [0.1, 0.15) is 16.3 Å². The third-order valence-corrected chi connectivity index (χ3v) is 5.34. The number of piperazine rings is 1. The zero-order chi connectivity index (χ0) is 22.7. The zero-order valence-corrected chi connectivity index (χ0v) is 17.6. The molecule has 166 valence electrons. The predicted molar refractivity (Wildman–Crippen MR) is 116 cm³/mol. The first-order valence-corrected chi connectivity index (χ1v) is 10.2. The molecule has 4 rings (SSSR count). The van der Waals surface area contributed by atoms with Crippen LogP contribution in [-0.4, -0.2) is 41.9 Å². The van der Waals surface area contributed by atoms with Gasteiger partial charge in [0.05, 0.1) is 4.92 Å². The molecular weight excluding hydrogens is 441 g/mol. The number of ether oxygens (including phenoxy) is 1. The fraction of sp³-hybridized carbons (Fsp3) is 0.227. The maximum atomic E-state index is 13.0. The summed E-state index contributed by atoms with van der Waals surface area (Å²) < 4.78 is 24.1. The van der Waals surface area contributed by atoms with Crippen LogP contribution in [0.25, 0.3) is 0 Å². The van der Waals surface area contributed by atoms with Gasteiger partial charge in [0.1, 0.15) is 29.6 Å². The van der Waals surface area contributed by atoms with Crippen molar-refractivity contribution in [1.29, 1.82) is 0 Å². The zero-order valence-electron chi connectivity index (χ0n) is 16.9. The second kappa shape index (κ2) is 9.27. The fourth-order valence-electron chi connectivity index (χ4n) is 3.47. The minimum atomic E-state index is -0.461. The Hall–Kier alpha value is -3.59. The lowest BCUT2D eigenvalue weighted by atomic mass is 10.2. The summed E-state index contributed by atoms with van der Waals surface area (Å²) >= 11 is 5.89. The van der Waals surface area contributed by atoms with E-state index in [9.17, 15) is 19.3 Å². The predicted octanol–water partition coefficient (Wildman–Crippen LogP) is 4.52. The van der Waals surface area contributed by atoms with Crippen LogP contribution >= 0.6 is 11.6 Å². The largest absolute Gasteiger partial charge is 0.486 e. The number of furan rings is 1. The smallest absolute Gasteiger partial charge is 0.294 e. The van der Waals surface area contributed by atoms with Gasteiger partial charge in [-0.15, -0.1) is 0 Å². The molecule has 0 N–H and O–H groups in total. The second-order valence-corrected chi connectivity index (χ2v) is 7.61. The van der Waals surface area contributed by atoms with Crippen LogP contribution in [0.4, 0.5) is 15.8 Å². The molecule has 1 aromatic heterocycles. The summed E-state index contributed by atoms with van der Waals surface area (Å²) in [6.07, 6.45) is 0. The van der Waals surface area contributed by atoms with Crippen LogP contribution in [-0.2, 0) is 6.61 Å². The van der Waals surface area contributed by atoms with Crippen molar-refractivity contribution in [2.24, 2.45) is 0 Å². The summed E-state index contributed by atoms with van der Waals surface area (Å²) in [4.78, 5) is 27.2. The number of carbonyl (C=O) groups is 1. The second-order valence-electron chi connectivity index (χ2n) is 7.18. The summed E-state index contributed by atoms with van der Waals surface area (Å²) in [5, 5.41) is 11.6. The number of benzene rings is 2. The lowest BCUT2D eigenvalue weighted by Gasteiger charge is -2.35. The van der Waals surface area contributed by atoms with Crippen molar-refractivity contribution in [1.82, 2.24) is 4.90 Å². The number of nitrogens with zero attached hydrogens (tertiary/aromatic N) is 3. The Kier molecular flexibility index (Phi) is 6.27. The summed E-state index contributed by atoms with van der Waals surface area (Å²) in [6, 6.07) is 13.4. The molecule has 1 saturated heterocycles. The first-order valence-electron chi connectivity index (χ1n) is 9.86. The molecule has 0 radical (unpaired) electrons. The third kappa shape index (κ3) is 4.83. The first kappa shape index (κ1) is 21.6. The first-order chi connectivity index (χ1) is 15.4. The molecule has 2 heterocycles. The van der Waals surface area contributed by atoms with Crippen LogP contribution < -0.4 is 9.64 Å². The van der Waals surface area contributed by atoms with Gasteiger partial charge in [0.25, 0.3) is 11.6 Å². The number of nitro benzene ring substituents is 1. The lowest BCUT2D eigenvalue weighted by Crippen LogP contribution is -2.48. The van der Waals surface area contributed by atoms with Gasteiger partial charge in [0.2, 0.25) is 0 Å². The van der Waals surface area contributed by atoms with Gasteiger partial charge in [-0.3, -0.25) is 14.9 Å². The molecule has 0 bridgehead atoms. The molecule has 1 amide bonds. The van der Waals surface area contributed by atoms with Crippen molar-refractivity contribution < 1.29 is 23.3 Å². The Labute approximate surface area is 187 Å². The van der Waals surface area contributed by atoms with E-state index in [1.807, 2.05) is 4.90 Å². The molecule has 1 fully saturated rings. The van der Waals surface area contributed by atoms with E-state index in [1.54, 1.807) is 29.2 Å². The van der Waals surface area contributed by atoms with E-state index in [2.05, 4.69) is 0 Å². The van der Waals surface area contributed by atoms with E-state index in [4.69, 9.17) is 20.8 Å². The van der Waals surface area contributed by atoms with Crippen LogP contribution in [0.5, 0.6) is 5.75 Å². The van der Waals surface area contributed by atoms with Gasteiger partial charge in [-0.05, 0) is 48.5 Å². The quantitative estimate of drug-likeness (QED) is 0.397. The lowest BCUT2D eigenvalue weighted by molar-refractivity contribution is -0.384. The number of hydrogen-bond donors (Lipinski definition) is 0. The van der Waals surface area contributed by atoms with Crippen molar-refractivity contribution in [2.45, 2.75) is 6.61 Å². The molecule has 1 aliphatic rings. The highest BCUT2D eigenvalue weighted by molar-refractivity contribution is 6.30. The number of anilines is 1. The molecule has 2 aromatic carbocycles. The highest BCUT2D eigenvalue weighted by atomic mass is 35.5. The summed E-state index contributed by atoms with van der Waals surface area (Å²) in [7, 11) is 0. The minimum absolute atomic E-state index is 0.0610. The Morgan fingerprint density at radius 1 is 1.09 bits per heavy atom. The molecule has 0 atom stereocenters. The number of nitro groups is 1. The third-order valence-electron chi connectivity index (χ3n) is 5.11. The number of rotatable bonds is 6. The van der Waals surface area contributed by atoms with E-state index in [0.29, 0.717) is 48.4 Å². The van der Waals surface area contributed by atoms with Gasteiger partial charge in [0, 0.05) is 37.3 Å². The summed E-state index contributed by atoms with van der Waals surface area (Å²) in [6.45, 7) is 1.76. The number of amides is 1. The van der Waals surface area contributed by atoms with Gasteiger partial charge in [0.15, 0.2) is 5.76 Å². The van der Waals surface area contributed by atoms with Gasteiger partial charge in [-0.1, -0.05) is 11.6 Å². The van der Waals surface area contributed by atoms with Crippen molar-refractivity contribution >= 4 is 28.9 Å². The molecule has 0 spiro atoms. The molecule has 0 saturated carbocycles. The van der Waals surface area contributed by atoms with Gasteiger partial charge >= 0.3 is 0 Å². The average Bonchev–Trinajstić information content (AvgIpc) is 3.27. The number of halogens is 2. The molecule has 32 heavy (non-hydrogen) atoms. The fourth-order valence-corrected chi connectivity index (χ4v) is 3.64. The Balaban J connectivity index is 1.35. The summed E-state index contributed by atoms with van der Waals surface area (Å²) in [5.41, 5.74) is 0.416. The topological polar surface area (TPSA) is 89.1 Å². The average molecular weight is 460 g/mol. The molecule has 0 unspecified atom stereocenters. The standard InChI is InChI=1S/C22H19ClFN3O5/c23-15-1-7-19(20(13-15)27(29)30)25-9-11-26(12-10-25)22(28)21-8-6-18(32-21)14-31-17-4-2-16(24)3-5-17/h1-8,13H,9-12,14H2. The van der Waals surface area contributed by atoms with Crippen LogP contribution in [0.3, 0.4) is 0 Å². The molecule has 0 aliphatic carbocycles. The molecule has 1 aliphatic heterocycles. The van der Waals surface area contributed by atoms with E-state index < -0.39 is 4.92 Å². The van der Waals surface area contributed by atoms with Crippen LogP contribution in [0.2, 0.25) is 5.02 Å². The summed E-state index contributed by atoms with van der Waals surface area (Å²) in [5.74, 6) is 0.530. The number of carbonyl (C=O) groups excluding carboxylic acids is 1. The maximum Gasteiger partial charge on any atom is 0.294 e. The normalized spacial score (nSPS) is 13.8. The molecule has 3 aromatic rings. The maximum absolute atomic E-state index is 13.0.